The fourth-order valence-electron chi connectivity index (χ4n) is 2.19. The molecule has 0 bridgehead atoms. The first kappa shape index (κ1) is 14.0. The lowest BCUT2D eigenvalue weighted by Gasteiger charge is -1.99. The SMILES string of the molecule is C/C(=N/NC(=O)c1cc2c(s1)CCC2)c1ccc(Br)s1. The number of nitrogens with one attached hydrogen (secondary N) is 1. The minimum Gasteiger partial charge on any atom is -0.266 e. The van der Waals surface area contributed by atoms with Crippen LogP contribution in [0.4, 0.5) is 0 Å². The van der Waals surface area contributed by atoms with Crippen LogP contribution in [0.3, 0.4) is 0 Å². The van der Waals surface area contributed by atoms with E-state index in [9.17, 15) is 4.79 Å². The summed E-state index contributed by atoms with van der Waals surface area (Å²) in [6, 6.07) is 5.97. The number of hydrazone groups is 1. The summed E-state index contributed by atoms with van der Waals surface area (Å²) in [6.07, 6.45) is 3.43. The molecule has 0 fully saturated rings. The molecule has 0 radical (unpaired) electrons. The number of carbonyl (C=O) groups excluding carboxylic acids is 1. The molecule has 1 N–H and O–H groups in total. The molecule has 0 spiro atoms. The van der Waals surface area contributed by atoms with Crippen molar-refractivity contribution >= 4 is 50.2 Å². The smallest absolute Gasteiger partial charge is 0.266 e. The van der Waals surface area contributed by atoms with E-state index in [0.29, 0.717) is 0 Å². The standard InChI is InChI=1S/C14H13BrN2OS2/c1-8(10-5-6-13(15)20-10)16-17-14(18)12-7-9-3-2-4-11(9)19-12/h5-7H,2-4H2,1H3,(H,17,18)/b16-8-. The van der Waals surface area contributed by atoms with E-state index in [-0.39, 0.29) is 5.91 Å². The minimum atomic E-state index is -0.112. The number of amides is 1. The Hall–Kier alpha value is -0.980. The fraction of sp³-hybridized carbons (Fsp3) is 0.286. The first-order chi connectivity index (χ1) is 9.63. The highest BCUT2D eigenvalue weighted by Gasteiger charge is 2.18. The Morgan fingerprint density at radius 1 is 1.30 bits per heavy atom. The van der Waals surface area contributed by atoms with Gasteiger partial charge in [-0.05, 0) is 65.9 Å². The molecule has 2 aromatic heterocycles. The van der Waals surface area contributed by atoms with Crippen LogP contribution in [0.2, 0.25) is 0 Å². The van der Waals surface area contributed by atoms with E-state index in [4.69, 9.17) is 0 Å². The topological polar surface area (TPSA) is 41.5 Å². The Labute approximate surface area is 133 Å². The van der Waals surface area contributed by atoms with Gasteiger partial charge in [-0.15, -0.1) is 22.7 Å². The van der Waals surface area contributed by atoms with Crippen LogP contribution in [0.25, 0.3) is 0 Å². The molecule has 6 heteroatoms. The Bertz CT molecular complexity index is 666. The monoisotopic (exact) mass is 368 g/mol. The van der Waals surface area contributed by atoms with Crippen LogP contribution in [0.15, 0.2) is 27.1 Å². The zero-order chi connectivity index (χ0) is 14.1. The van der Waals surface area contributed by atoms with E-state index in [0.717, 1.165) is 32.1 Å². The molecule has 104 valence electrons. The third-order valence-corrected chi connectivity index (χ3v) is 6.19. The van der Waals surface area contributed by atoms with Gasteiger partial charge in [0.25, 0.3) is 5.91 Å². The van der Waals surface area contributed by atoms with Crippen molar-refractivity contribution in [2.75, 3.05) is 0 Å². The normalized spacial score (nSPS) is 14.4. The maximum Gasteiger partial charge on any atom is 0.281 e. The van der Waals surface area contributed by atoms with E-state index in [1.165, 1.54) is 16.9 Å². The predicted molar refractivity (Wildman–Crippen MR) is 88.0 cm³/mol. The Morgan fingerprint density at radius 2 is 2.15 bits per heavy atom. The maximum absolute atomic E-state index is 12.1. The highest BCUT2D eigenvalue weighted by atomic mass is 79.9. The largest absolute Gasteiger partial charge is 0.281 e. The Kier molecular flexibility index (Phi) is 4.05. The van der Waals surface area contributed by atoms with Gasteiger partial charge in [0.1, 0.15) is 0 Å². The summed E-state index contributed by atoms with van der Waals surface area (Å²) in [4.78, 5) is 15.2. The van der Waals surface area contributed by atoms with E-state index in [1.54, 1.807) is 22.7 Å². The van der Waals surface area contributed by atoms with Gasteiger partial charge < -0.3 is 0 Å². The number of rotatable bonds is 3. The summed E-state index contributed by atoms with van der Waals surface area (Å²) in [6.45, 7) is 1.90. The molecule has 1 amide bonds. The molecule has 3 rings (SSSR count). The number of carbonyl (C=O) groups is 1. The molecular weight excluding hydrogens is 356 g/mol. The van der Waals surface area contributed by atoms with Gasteiger partial charge in [-0.2, -0.15) is 5.10 Å². The summed E-state index contributed by atoms with van der Waals surface area (Å²) < 4.78 is 1.06. The fourth-order valence-corrected chi connectivity index (χ4v) is 4.67. The van der Waals surface area contributed by atoms with E-state index >= 15 is 0 Å². The predicted octanol–water partition coefficient (Wildman–Crippen LogP) is 4.21. The second-order valence-corrected chi connectivity index (χ2v) is 8.25. The first-order valence-electron chi connectivity index (χ1n) is 6.35. The van der Waals surface area contributed by atoms with Crippen molar-refractivity contribution < 1.29 is 4.79 Å². The molecule has 1 aliphatic carbocycles. The van der Waals surface area contributed by atoms with Gasteiger partial charge >= 0.3 is 0 Å². The zero-order valence-electron chi connectivity index (χ0n) is 10.9. The Balaban J connectivity index is 1.69. The van der Waals surface area contributed by atoms with E-state index in [1.807, 2.05) is 25.1 Å². The van der Waals surface area contributed by atoms with Gasteiger partial charge in [-0.25, -0.2) is 5.43 Å². The molecule has 0 aromatic carbocycles. The summed E-state index contributed by atoms with van der Waals surface area (Å²) >= 11 is 6.62. The molecule has 20 heavy (non-hydrogen) atoms. The molecule has 0 atom stereocenters. The highest BCUT2D eigenvalue weighted by molar-refractivity contribution is 9.11. The number of thiophene rings is 2. The second kappa shape index (κ2) is 5.79. The van der Waals surface area contributed by atoms with Crippen LogP contribution in [-0.2, 0) is 12.8 Å². The van der Waals surface area contributed by atoms with Crippen molar-refractivity contribution in [3.05, 3.63) is 42.2 Å². The molecule has 0 unspecified atom stereocenters. The van der Waals surface area contributed by atoms with Crippen LogP contribution in [0, 0.1) is 0 Å². The third kappa shape index (κ3) is 2.87. The van der Waals surface area contributed by atoms with Gasteiger partial charge in [-0.3, -0.25) is 4.79 Å². The van der Waals surface area contributed by atoms with Crippen LogP contribution in [-0.4, -0.2) is 11.6 Å². The van der Waals surface area contributed by atoms with Crippen LogP contribution in [0.1, 0.15) is 38.3 Å². The van der Waals surface area contributed by atoms with Crippen molar-refractivity contribution in [3.8, 4) is 0 Å². The highest BCUT2D eigenvalue weighted by Crippen LogP contribution is 2.30. The van der Waals surface area contributed by atoms with Crippen LogP contribution < -0.4 is 5.43 Å². The van der Waals surface area contributed by atoms with Gasteiger partial charge in [-0.1, -0.05) is 0 Å². The number of halogens is 1. The first-order valence-corrected chi connectivity index (χ1v) is 8.78. The maximum atomic E-state index is 12.1. The molecule has 0 saturated carbocycles. The minimum absolute atomic E-state index is 0.112. The summed E-state index contributed by atoms with van der Waals surface area (Å²) in [5.74, 6) is -0.112. The summed E-state index contributed by atoms with van der Waals surface area (Å²) in [5.41, 5.74) is 4.80. The average Bonchev–Trinajstić information content (AvgIpc) is 3.09. The van der Waals surface area contributed by atoms with Gasteiger partial charge in [0.15, 0.2) is 0 Å². The molecule has 2 heterocycles. The Morgan fingerprint density at radius 3 is 2.85 bits per heavy atom. The van der Waals surface area contributed by atoms with E-state index in [2.05, 4.69) is 26.5 Å². The number of nitrogens with zero attached hydrogens (tertiary/aromatic N) is 1. The number of aryl methyl sites for hydroxylation is 2. The average molecular weight is 369 g/mol. The summed E-state index contributed by atoms with van der Waals surface area (Å²) in [5, 5.41) is 4.18. The molecule has 0 saturated heterocycles. The van der Waals surface area contributed by atoms with Crippen LogP contribution >= 0.6 is 38.6 Å². The lowest BCUT2D eigenvalue weighted by molar-refractivity contribution is 0.0959. The van der Waals surface area contributed by atoms with Crippen molar-refractivity contribution in [1.29, 1.82) is 0 Å². The number of fused-ring (bicyclic) bond motifs is 1. The van der Waals surface area contributed by atoms with Crippen molar-refractivity contribution in [3.63, 3.8) is 0 Å². The van der Waals surface area contributed by atoms with Gasteiger partial charge in [0.05, 0.1) is 19.3 Å². The molecule has 1 aliphatic rings. The molecular formula is C14H13BrN2OS2. The van der Waals surface area contributed by atoms with Gasteiger partial charge in [0, 0.05) is 4.88 Å². The van der Waals surface area contributed by atoms with Crippen molar-refractivity contribution in [1.82, 2.24) is 5.43 Å². The van der Waals surface area contributed by atoms with Crippen LogP contribution in [0.5, 0.6) is 0 Å². The number of hydrogen-bond donors (Lipinski definition) is 1. The zero-order valence-corrected chi connectivity index (χ0v) is 14.1. The molecule has 0 aliphatic heterocycles. The van der Waals surface area contributed by atoms with Gasteiger partial charge in [0.2, 0.25) is 0 Å². The number of hydrogen-bond acceptors (Lipinski definition) is 4. The summed E-state index contributed by atoms with van der Waals surface area (Å²) in [7, 11) is 0. The van der Waals surface area contributed by atoms with Crippen molar-refractivity contribution in [2.45, 2.75) is 26.2 Å². The molecule has 2 aromatic rings. The third-order valence-electron chi connectivity index (χ3n) is 3.23. The quantitative estimate of drug-likeness (QED) is 0.639. The van der Waals surface area contributed by atoms with E-state index < -0.39 is 0 Å². The lowest BCUT2D eigenvalue weighted by Crippen LogP contribution is -2.18. The lowest BCUT2D eigenvalue weighted by atomic mass is 10.2. The molecule has 3 nitrogen and oxygen atoms in total. The second-order valence-electron chi connectivity index (χ2n) is 4.65. The van der Waals surface area contributed by atoms with Crippen molar-refractivity contribution in [2.24, 2.45) is 5.10 Å².